The van der Waals surface area contributed by atoms with E-state index in [0.29, 0.717) is 59.0 Å². The number of morpholine rings is 1. The molecular weight excluding hydrogens is 425 g/mol. The summed E-state index contributed by atoms with van der Waals surface area (Å²) >= 11 is 0. The molecule has 33 heavy (non-hydrogen) atoms. The van der Waals surface area contributed by atoms with Gasteiger partial charge < -0.3 is 25.7 Å². The van der Waals surface area contributed by atoms with Crippen LogP contribution < -0.4 is 21.5 Å². The fraction of sp³-hybridized carbons (Fsp3) is 0.217. The predicted octanol–water partition coefficient (Wildman–Crippen LogP) is 3.07. The number of hydrogen-bond acceptors (Lipinski definition) is 8. The summed E-state index contributed by atoms with van der Waals surface area (Å²) in [4.78, 5) is 30.1. The normalized spacial score (nSPS) is 16.2. The van der Waals surface area contributed by atoms with Crippen LogP contribution in [0, 0.1) is 5.82 Å². The van der Waals surface area contributed by atoms with Crippen LogP contribution in [0.5, 0.6) is 0 Å². The minimum Gasteiger partial charge on any atom is -0.382 e. The number of nitrogens with two attached hydrogens (primary N) is 1. The van der Waals surface area contributed by atoms with Crippen LogP contribution in [0.15, 0.2) is 53.7 Å². The van der Waals surface area contributed by atoms with E-state index in [1.165, 1.54) is 18.5 Å². The number of rotatable bonds is 4. The van der Waals surface area contributed by atoms with E-state index >= 15 is 0 Å². The fourth-order valence-electron chi connectivity index (χ4n) is 3.92. The number of H-pyrrole nitrogens is 1. The molecule has 4 aromatic rings. The van der Waals surface area contributed by atoms with Gasteiger partial charge in [-0.05, 0) is 42.6 Å². The minimum atomic E-state index is -0.368. The van der Waals surface area contributed by atoms with Gasteiger partial charge in [0.15, 0.2) is 0 Å². The van der Waals surface area contributed by atoms with Gasteiger partial charge in [0.25, 0.3) is 5.56 Å². The Bertz CT molecular complexity index is 1370. The van der Waals surface area contributed by atoms with Gasteiger partial charge >= 0.3 is 0 Å². The molecule has 0 unspecified atom stereocenters. The van der Waals surface area contributed by atoms with Gasteiger partial charge in [0.1, 0.15) is 23.1 Å². The number of aromatic amines is 1. The van der Waals surface area contributed by atoms with E-state index in [2.05, 4.69) is 25.3 Å². The van der Waals surface area contributed by atoms with Crippen LogP contribution in [0.3, 0.4) is 0 Å². The van der Waals surface area contributed by atoms with Crippen molar-refractivity contribution < 1.29 is 9.13 Å². The van der Waals surface area contributed by atoms with Crippen molar-refractivity contribution in [3.8, 4) is 11.4 Å². The molecule has 1 saturated heterocycles. The topological polar surface area (TPSA) is 122 Å². The molecule has 0 saturated carbocycles. The summed E-state index contributed by atoms with van der Waals surface area (Å²) in [5.74, 6) is 0.211. The summed E-state index contributed by atoms with van der Waals surface area (Å²) in [5, 5.41) is 4.12. The first-order valence-corrected chi connectivity index (χ1v) is 10.5. The zero-order valence-electron chi connectivity index (χ0n) is 17.9. The number of nitrogens with zero attached hydrogens (tertiary/aromatic N) is 4. The number of hydrogen-bond donors (Lipinski definition) is 3. The summed E-state index contributed by atoms with van der Waals surface area (Å²) < 4.78 is 20.5. The van der Waals surface area contributed by atoms with Crippen molar-refractivity contribution in [2.75, 3.05) is 35.6 Å². The van der Waals surface area contributed by atoms with Gasteiger partial charge in [0.05, 0.1) is 41.9 Å². The van der Waals surface area contributed by atoms with Crippen molar-refractivity contribution in [1.29, 1.82) is 0 Å². The van der Waals surface area contributed by atoms with E-state index in [1.54, 1.807) is 30.5 Å². The highest BCUT2D eigenvalue weighted by Crippen LogP contribution is 2.29. The Morgan fingerprint density at radius 1 is 1.21 bits per heavy atom. The molecule has 1 aromatic carbocycles. The average Bonchev–Trinajstić information content (AvgIpc) is 2.79. The maximum atomic E-state index is 15.0. The summed E-state index contributed by atoms with van der Waals surface area (Å²) in [6.45, 7) is 3.77. The number of anilines is 4. The Kier molecular flexibility index (Phi) is 5.35. The molecule has 5 rings (SSSR count). The van der Waals surface area contributed by atoms with Gasteiger partial charge in [-0.25, -0.2) is 19.3 Å². The molecule has 1 aliphatic rings. The first kappa shape index (κ1) is 20.8. The van der Waals surface area contributed by atoms with E-state index in [-0.39, 0.29) is 23.3 Å². The number of nitrogens with one attached hydrogen (secondary N) is 2. The number of ether oxygens (including phenoxy) is 1. The molecule has 0 bridgehead atoms. The van der Waals surface area contributed by atoms with E-state index < -0.39 is 0 Å². The second-order valence-electron chi connectivity index (χ2n) is 7.87. The van der Waals surface area contributed by atoms with Gasteiger partial charge in [-0.2, -0.15) is 0 Å². The Morgan fingerprint density at radius 2 is 2.09 bits per heavy atom. The number of pyridine rings is 2. The van der Waals surface area contributed by atoms with Crippen molar-refractivity contribution in [1.82, 2.24) is 19.9 Å². The van der Waals surface area contributed by atoms with Gasteiger partial charge in [0.2, 0.25) is 0 Å². The average molecular weight is 447 g/mol. The van der Waals surface area contributed by atoms with Crippen molar-refractivity contribution in [2.24, 2.45) is 0 Å². The number of nitrogen functional groups attached to an aromatic ring is 1. The lowest BCUT2D eigenvalue weighted by Gasteiger charge is -2.33. The SMILES string of the molecule is C[C@@H]1CN(c2ccc(Nc3nc(-c4cnc(N)cn4)cc4cc[nH]c(=O)c34)cc2F)CCO1. The second-order valence-corrected chi connectivity index (χ2v) is 7.87. The molecule has 0 aliphatic carbocycles. The number of benzene rings is 1. The maximum absolute atomic E-state index is 15.0. The molecular formula is C23H22FN7O2. The predicted molar refractivity (Wildman–Crippen MR) is 125 cm³/mol. The second kappa shape index (κ2) is 8.47. The highest BCUT2D eigenvalue weighted by molar-refractivity contribution is 5.94. The third kappa shape index (κ3) is 4.20. The summed E-state index contributed by atoms with van der Waals surface area (Å²) in [5.41, 5.74) is 7.31. The molecule has 0 spiro atoms. The van der Waals surface area contributed by atoms with Crippen molar-refractivity contribution in [3.05, 3.63) is 65.1 Å². The standard InChI is InChI=1S/C23H22FN7O2/c1-13-12-31(6-7-33-13)19-3-2-15(9-16(19)24)29-22-21-14(4-5-26-23(21)32)8-17(30-22)18-10-28-20(25)11-27-18/h2-5,8-11,13H,6-7,12H2,1H3,(H2,25,28)(H,26,32)(H,29,30)/t13-/m1/s1. The van der Waals surface area contributed by atoms with Crippen molar-refractivity contribution in [3.63, 3.8) is 0 Å². The number of aromatic nitrogens is 4. The molecule has 4 N–H and O–H groups in total. The Hall–Kier alpha value is -4.05. The van der Waals surface area contributed by atoms with Crippen LogP contribution in [-0.2, 0) is 4.74 Å². The highest BCUT2D eigenvalue weighted by atomic mass is 19.1. The van der Waals surface area contributed by atoms with Gasteiger partial charge in [0, 0.05) is 25.0 Å². The molecule has 0 amide bonds. The fourth-order valence-corrected chi connectivity index (χ4v) is 3.92. The molecule has 9 nitrogen and oxygen atoms in total. The van der Waals surface area contributed by atoms with Gasteiger partial charge in [-0.15, -0.1) is 0 Å². The first-order chi connectivity index (χ1) is 16.0. The van der Waals surface area contributed by atoms with Crippen LogP contribution in [0.4, 0.5) is 27.4 Å². The monoisotopic (exact) mass is 447 g/mol. The van der Waals surface area contributed by atoms with Crippen LogP contribution in [0.2, 0.25) is 0 Å². The maximum Gasteiger partial charge on any atom is 0.259 e. The molecule has 0 radical (unpaired) electrons. The lowest BCUT2D eigenvalue weighted by Crippen LogP contribution is -2.41. The zero-order valence-corrected chi connectivity index (χ0v) is 17.9. The molecule has 1 fully saturated rings. The van der Waals surface area contributed by atoms with Crippen molar-refractivity contribution in [2.45, 2.75) is 13.0 Å². The highest BCUT2D eigenvalue weighted by Gasteiger charge is 2.20. The molecule has 3 aromatic heterocycles. The zero-order chi connectivity index (χ0) is 22.9. The summed E-state index contributed by atoms with van der Waals surface area (Å²) in [7, 11) is 0. The van der Waals surface area contributed by atoms with Crippen LogP contribution in [0.25, 0.3) is 22.2 Å². The first-order valence-electron chi connectivity index (χ1n) is 10.5. The van der Waals surface area contributed by atoms with Gasteiger partial charge in [-0.1, -0.05) is 0 Å². The molecule has 168 valence electrons. The van der Waals surface area contributed by atoms with Crippen LogP contribution in [0.1, 0.15) is 6.92 Å². The Balaban J connectivity index is 1.53. The number of halogens is 1. The lowest BCUT2D eigenvalue weighted by molar-refractivity contribution is 0.0530. The molecule has 4 heterocycles. The Labute approximate surface area is 188 Å². The molecule has 10 heteroatoms. The largest absolute Gasteiger partial charge is 0.382 e. The Morgan fingerprint density at radius 3 is 2.85 bits per heavy atom. The quantitative estimate of drug-likeness (QED) is 0.436. The molecule has 1 atom stereocenters. The van der Waals surface area contributed by atoms with E-state index in [4.69, 9.17) is 10.5 Å². The van der Waals surface area contributed by atoms with Crippen LogP contribution >= 0.6 is 0 Å². The number of fused-ring (bicyclic) bond motifs is 1. The van der Waals surface area contributed by atoms with Crippen LogP contribution in [-0.4, -0.2) is 45.7 Å². The third-order valence-corrected chi connectivity index (χ3v) is 5.48. The summed E-state index contributed by atoms with van der Waals surface area (Å²) in [6.07, 6.45) is 4.55. The van der Waals surface area contributed by atoms with Crippen molar-refractivity contribution >= 4 is 33.8 Å². The summed E-state index contributed by atoms with van der Waals surface area (Å²) in [6, 6.07) is 8.40. The molecule has 1 aliphatic heterocycles. The third-order valence-electron chi connectivity index (χ3n) is 5.48. The van der Waals surface area contributed by atoms with Gasteiger partial charge in [-0.3, -0.25) is 4.79 Å². The lowest BCUT2D eigenvalue weighted by atomic mass is 10.1. The van der Waals surface area contributed by atoms with E-state index in [0.717, 1.165) is 0 Å². The van der Waals surface area contributed by atoms with E-state index in [1.807, 2.05) is 11.8 Å². The smallest absolute Gasteiger partial charge is 0.259 e. The minimum absolute atomic E-state index is 0.0393. The van der Waals surface area contributed by atoms with E-state index in [9.17, 15) is 9.18 Å².